The lowest BCUT2D eigenvalue weighted by Gasteiger charge is -2.41. The van der Waals surface area contributed by atoms with Crippen molar-refractivity contribution in [3.63, 3.8) is 0 Å². The van der Waals surface area contributed by atoms with Gasteiger partial charge in [0.25, 0.3) is 0 Å². The Hall–Kier alpha value is -2.16. The molecule has 2 heterocycles. The second-order valence-corrected chi connectivity index (χ2v) is 11.1. The van der Waals surface area contributed by atoms with Gasteiger partial charge in [0.2, 0.25) is 10.0 Å². The summed E-state index contributed by atoms with van der Waals surface area (Å²) in [6, 6.07) is 12.1. The molecule has 1 N–H and O–H groups in total. The highest BCUT2D eigenvalue weighted by atomic mass is 32.2. The van der Waals surface area contributed by atoms with Crippen molar-refractivity contribution in [1.82, 2.24) is 9.29 Å². The SMILES string of the molecule is CCC1(CC)CC(NS(=O)(=O)c2ccc3c(c2)sc(=O)n3C(C)C)c2ccccc2O1. The molecule has 2 aromatic carbocycles. The molecule has 3 aromatic rings. The van der Waals surface area contributed by atoms with Crippen molar-refractivity contribution in [3.05, 3.63) is 57.7 Å². The number of para-hydroxylation sites is 1. The summed E-state index contributed by atoms with van der Waals surface area (Å²) in [6.45, 7) is 8.02. The first-order chi connectivity index (χ1) is 14.7. The average Bonchev–Trinajstić information content (AvgIpc) is 3.08. The van der Waals surface area contributed by atoms with Crippen molar-refractivity contribution in [3.8, 4) is 5.75 Å². The summed E-state index contributed by atoms with van der Waals surface area (Å²) in [6.07, 6.45) is 2.15. The second kappa shape index (κ2) is 8.07. The monoisotopic (exact) mass is 460 g/mol. The Kier molecular flexibility index (Phi) is 5.74. The summed E-state index contributed by atoms with van der Waals surface area (Å²) in [4.78, 5) is 12.4. The van der Waals surface area contributed by atoms with Crippen molar-refractivity contribution in [2.45, 2.75) is 69.5 Å². The lowest BCUT2D eigenvalue weighted by molar-refractivity contribution is 0.0260. The number of benzene rings is 2. The van der Waals surface area contributed by atoms with Gasteiger partial charge in [-0.2, -0.15) is 0 Å². The van der Waals surface area contributed by atoms with Crippen molar-refractivity contribution >= 4 is 31.6 Å². The number of hydrogen-bond acceptors (Lipinski definition) is 5. The molecule has 0 saturated carbocycles. The molecule has 0 saturated heterocycles. The van der Waals surface area contributed by atoms with E-state index in [1.54, 1.807) is 22.8 Å². The van der Waals surface area contributed by atoms with E-state index in [2.05, 4.69) is 18.6 Å². The highest BCUT2D eigenvalue weighted by Gasteiger charge is 2.40. The number of nitrogens with one attached hydrogen (secondary N) is 1. The fourth-order valence-corrected chi connectivity index (χ4v) is 6.70. The van der Waals surface area contributed by atoms with E-state index in [1.165, 1.54) is 0 Å². The Morgan fingerprint density at radius 1 is 1.19 bits per heavy atom. The number of fused-ring (bicyclic) bond motifs is 2. The normalized spacial score (nSPS) is 18.2. The van der Waals surface area contributed by atoms with Crippen LogP contribution in [0.25, 0.3) is 10.2 Å². The van der Waals surface area contributed by atoms with Gasteiger partial charge < -0.3 is 4.74 Å². The summed E-state index contributed by atoms with van der Waals surface area (Å²) in [5, 5.41) is 0. The van der Waals surface area contributed by atoms with Crippen LogP contribution in [0.3, 0.4) is 0 Å². The zero-order valence-electron chi connectivity index (χ0n) is 18.2. The average molecular weight is 461 g/mol. The first-order valence-corrected chi connectivity index (χ1v) is 12.9. The topological polar surface area (TPSA) is 77.4 Å². The van der Waals surface area contributed by atoms with Crippen LogP contribution >= 0.6 is 11.3 Å². The molecule has 6 nitrogen and oxygen atoms in total. The molecule has 31 heavy (non-hydrogen) atoms. The number of thiazole rings is 1. The minimum absolute atomic E-state index is 0.0109. The van der Waals surface area contributed by atoms with Crippen LogP contribution in [0.4, 0.5) is 0 Å². The van der Waals surface area contributed by atoms with Crippen molar-refractivity contribution in [1.29, 1.82) is 0 Å². The second-order valence-electron chi connectivity index (χ2n) is 8.37. The summed E-state index contributed by atoms with van der Waals surface area (Å²) in [5.41, 5.74) is 1.20. The van der Waals surface area contributed by atoms with Crippen LogP contribution < -0.4 is 14.3 Å². The molecule has 166 valence electrons. The molecule has 8 heteroatoms. The highest BCUT2D eigenvalue weighted by Crippen LogP contribution is 2.43. The molecule has 0 spiro atoms. The first-order valence-electron chi connectivity index (χ1n) is 10.6. The van der Waals surface area contributed by atoms with Crippen LogP contribution in [-0.4, -0.2) is 18.6 Å². The smallest absolute Gasteiger partial charge is 0.308 e. The van der Waals surface area contributed by atoms with Gasteiger partial charge >= 0.3 is 4.87 Å². The third-order valence-electron chi connectivity index (χ3n) is 6.19. The fraction of sp³-hybridized carbons (Fsp3) is 0.435. The number of rotatable bonds is 6. The third kappa shape index (κ3) is 3.92. The van der Waals surface area contributed by atoms with E-state index in [0.29, 0.717) is 11.1 Å². The third-order valence-corrected chi connectivity index (χ3v) is 8.58. The zero-order chi connectivity index (χ0) is 22.4. The Labute approximate surface area is 186 Å². The van der Waals surface area contributed by atoms with Gasteiger partial charge in [0.05, 0.1) is 21.2 Å². The van der Waals surface area contributed by atoms with Crippen LogP contribution in [-0.2, 0) is 10.0 Å². The molecular formula is C23H28N2O4S2. The van der Waals surface area contributed by atoms with Gasteiger partial charge in [0, 0.05) is 18.0 Å². The first kappa shape index (κ1) is 22.0. The summed E-state index contributed by atoms with van der Waals surface area (Å²) < 4.78 is 38.2. The lowest BCUT2D eigenvalue weighted by Crippen LogP contribution is -2.44. The van der Waals surface area contributed by atoms with Gasteiger partial charge in [0.15, 0.2) is 0 Å². The van der Waals surface area contributed by atoms with Crippen LogP contribution in [0, 0.1) is 0 Å². The minimum atomic E-state index is -3.79. The van der Waals surface area contributed by atoms with E-state index >= 15 is 0 Å². The van der Waals surface area contributed by atoms with Crippen LogP contribution in [0.5, 0.6) is 5.75 Å². The quantitative estimate of drug-likeness (QED) is 0.561. The van der Waals surface area contributed by atoms with Gasteiger partial charge in [-0.1, -0.05) is 43.4 Å². The number of hydrogen-bond donors (Lipinski definition) is 1. The largest absolute Gasteiger partial charge is 0.487 e. The predicted octanol–water partition coefficient (Wildman–Crippen LogP) is 5.00. The fourth-order valence-electron chi connectivity index (χ4n) is 4.33. The number of nitrogens with zero attached hydrogens (tertiary/aromatic N) is 1. The summed E-state index contributed by atoms with van der Waals surface area (Å²) in [7, 11) is -3.79. The maximum Gasteiger partial charge on any atom is 0.308 e. The molecule has 1 atom stereocenters. The molecule has 0 bridgehead atoms. The van der Waals surface area contributed by atoms with Crippen molar-refractivity contribution < 1.29 is 13.2 Å². The number of aromatic nitrogens is 1. The Bertz CT molecular complexity index is 1270. The van der Waals surface area contributed by atoms with Crippen LogP contribution in [0.1, 0.15) is 64.6 Å². The van der Waals surface area contributed by atoms with Gasteiger partial charge in [-0.15, -0.1) is 0 Å². The Morgan fingerprint density at radius 3 is 2.58 bits per heavy atom. The Morgan fingerprint density at radius 2 is 1.90 bits per heavy atom. The standard InChI is InChI=1S/C23H28N2O4S2/c1-5-23(6-2)14-18(17-9-7-8-10-20(17)29-23)24-31(27,28)16-11-12-19-21(13-16)30-22(26)25(19)15(3)4/h7-13,15,18,24H,5-6,14H2,1-4H3. The Balaban J connectivity index is 1.72. The molecule has 1 unspecified atom stereocenters. The van der Waals surface area contributed by atoms with E-state index in [0.717, 1.165) is 41.0 Å². The highest BCUT2D eigenvalue weighted by molar-refractivity contribution is 7.89. The van der Waals surface area contributed by atoms with E-state index < -0.39 is 15.6 Å². The van der Waals surface area contributed by atoms with E-state index in [-0.39, 0.29) is 21.9 Å². The number of ether oxygens (including phenoxy) is 1. The molecule has 1 aliphatic heterocycles. The van der Waals surface area contributed by atoms with Gasteiger partial charge in [0.1, 0.15) is 11.4 Å². The molecule has 0 fully saturated rings. The van der Waals surface area contributed by atoms with Gasteiger partial charge in [-0.25, -0.2) is 13.1 Å². The molecule has 0 radical (unpaired) electrons. The van der Waals surface area contributed by atoms with Crippen molar-refractivity contribution in [2.75, 3.05) is 0 Å². The number of sulfonamides is 1. The molecule has 0 amide bonds. The summed E-state index contributed by atoms with van der Waals surface area (Å²) in [5.74, 6) is 0.729. The minimum Gasteiger partial charge on any atom is -0.487 e. The maximum atomic E-state index is 13.3. The molecule has 0 aliphatic carbocycles. The molecule has 4 rings (SSSR count). The van der Waals surface area contributed by atoms with Crippen molar-refractivity contribution in [2.24, 2.45) is 0 Å². The predicted molar refractivity (Wildman–Crippen MR) is 125 cm³/mol. The van der Waals surface area contributed by atoms with Crippen LogP contribution in [0.15, 0.2) is 52.2 Å². The van der Waals surface area contributed by atoms with E-state index in [9.17, 15) is 13.2 Å². The molecule has 1 aliphatic rings. The van der Waals surface area contributed by atoms with E-state index in [4.69, 9.17) is 4.74 Å². The molecule has 1 aromatic heterocycles. The maximum absolute atomic E-state index is 13.3. The summed E-state index contributed by atoms with van der Waals surface area (Å²) >= 11 is 1.07. The van der Waals surface area contributed by atoms with Gasteiger partial charge in [-0.05, 0) is 51.0 Å². The molecular weight excluding hydrogens is 432 g/mol. The van der Waals surface area contributed by atoms with Crippen LogP contribution in [0.2, 0.25) is 0 Å². The lowest BCUT2D eigenvalue weighted by atomic mass is 9.84. The van der Waals surface area contributed by atoms with Gasteiger partial charge in [-0.3, -0.25) is 9.36 Å². The van der Waals surface area contributed by atoms with E-state index in [1.807, 2.05) is 38.1 Å². The zero-order valence-corrected chi connectivity index (χ0v) is 19.8.